The number of nitrogens with zero attached hydrogens (tertiary/aromatic N) is 4. The molecule has 0 radical (unpaired) electrons. The number of rotatable bonds is 7. The number of benzene rings is 1. The standard InChI is InChI=1S/C22H29N7O/c1-3-30-19-10-6-16(7-11-19)26-21-20(23)13-24-22(28-21)27-17-12-25-29(14-17)18-8-4-15(2)5-9-18/h6-7,10-15,18H,3-5,8-9,23H2,1-2H3,(H2,24,26,27,28). The van der Waals surface area contributed by atoms with Crippen LogP contribution in [0.4, 0.5) is 28.8 Å². The fraction of sp³-hybridized carbons (Fsp3) is 0.409. The second kappa shape index (κ2) is 9.02. The molecule has 2 aromatic heterocycles. The predicted octanol–water partition coefficient (Wildman–Crippen LogP) is 4.89. The summed E-state index contributed by atoms with van der Waals surface area (Å²) in [5.74, 6) is 2.66. The van der Waals surface area contributed by atoms with Crippen LogP contribution in [0.5, 0.6) is 5.75 Å². The summed E-state index contributed by atoms with van der Waals surface area (Å²) < 4.78 is 7.54. The van der Waals surface area contributed by atoms with Gasteiger partial charge in [0.15, 0.2) is 5.82 Å². The van der Waals surface area contributed by atoms with Crippen molar-refractivity contribution in [2.75, 3.05) is 23.0 Å². The molecule has 0 bridgehead atoms. The van der Waals surface area contributed by atoms with Crippen LogP contribution >= 0.6 is 0 Å². The lowest BCUT2D eigenvalue weighted by Crippen LogP contribution is -2.16. The first-order valence-corrected chi connectivity index (χ1v) is 10.5. The molecule has 8 heteroatoms. The normalized spacial score (nSPS) is 18.7. The lowest BCUT2D eigenvalue weighted by molar-refractivity contribution is 0.274. The van der Waals surface area contributed by atoms with E-state index in [0.717, 1.165) is 23.0 Å². The summed E-state index contributed by atoms with van der Waals surface area (Å²) in [6.07, 6.45) is 10.3. The molecule has 1 aliphatic rings. The van der Waals surface area contributed by atoms with E-state index in [1.165, 1.54) is 25.7 Å². The molecular formula is C22H29N7O. The molecule has 158 valence electrons. The maximum absolute atomic E-state index is 6.06. The third kappa shape index (κ3) is 4.82. The number of nitrogens with one attached hydrogen (secondary N) is 2. The zero-order chi connectivity index (χ0) is 20.9. The molecule has 4 N–H and O–H groups in total. The Balaban J connectivity index is 1.43. The Kier molecular flexibility index (Phi) is 6.02. The van der Waals surface area contributed by atoms with Crippen LogP contribution in [-0.2, 0) is 0 Å². The third-order valence-electron chi connectivity index (χ3n) is 5.46. The van der Waals surface area contributed by atoms with Crippen LogP contribution in [0.15, 0.2) is 42.9 Å². The number of hydrogen-bond acceptors (Lipinski definition) is 7. The average molecular weight is 408 g/mol. The van der Waals surface area contributed by atoms with Gasteiger partial charge in [-0.3, -0.25) is 4.68 Å². The number of nitrogen functional groups attached to an aromatic ring is 1. The molecule has 0 aliphatic heterocycles. The molecule has 8 nitrogen and oxygen atoms in total. The highest BCUT2D eigenvalue weighted by molar-refractivity contribution is 5.70. The summed E-state index contributed by atoms with van der Waals surface area (Å²) in [5, 5.41) is 11.0. The van der Waals surface area contributed by atoms with Crippen LogP contribution in [0.25, 0.3) is 0 Å². The van der Waals surface area contributed by atoms with Crippen molar-refractivity contribution >= 4 is 28.8 Å². The SMILES string of the molecule is CCOc1ccc(Nc2nc(Nc3cnn(C4CCC(C)CC4)c3)ncc2N)cc1. The quantitative estimate of drug-likeness (QED) is 0.512. The van der Waals surface area contributed by atoms with Crippen LogP contribution in [0.2, 0.25) is 0 Å². The van der Waals surface area contributed by atoms with Crippen molar-refractivity contribution in [3.05, 3.63) is 42.9 Å². The Hall–Kier alpha value is -3.29. The third-order valence-corrected chi connectivity index (χ3v) is 5.46. The lowest BCUT2D eigenvalue weighted by atomic mass is 9.87. The Morgan fingerprint density at radius 2 is 1.83 bits per heavy atom. The number of aromatic nitrogens is 4. The van der Waals surface area contributed by atoms with Gasteiger partial charge in [-0.25, -0.2) is 4.98 Å². The smallest absolute Gasteiger partial charge is 0.229 e. The van der Waals surface area contributed by atoms with E-state index in [9.17, 15) is 0 Å². The summed E-state index contributed by atoms with van der Waals surface area (Å²) in [6, 6.07) is 8.13. The van der Waals surface area contributed by atoms with Gasteiger partial charge < -0.3 is 21.1 Å². The van der Waals surface area contributed by atoms with Gasteiger partial charge in [0.05, 0.1) is 36.4 Å². The van der Waals surface area contributed by atoms with E-state index in [0.29, 0.717) is 30.1 Å². The zero-order valence-corrected chi connectivity index (χ0v) is 17.5. The van der Waals surface area contributed by atoms with Crippen molar-refractivity contribution in [2.24, 2.45) is 5.92 Å². The predicted molar refractivity (Wildman–Crippen MR) is 120 cm³/mol. The molecule has 3 aromatic rings. The number of ether oxygens (including phenoxy) is 1. The molecule has 2 heterocycles. The topological polar surface area (TPSA) is 103 Å². The summed E-state index contributed by atoms with van der Waals surface area (Å²) in [5.41, 5.74) is 8.27. The van der Waals surface area contributed by atoms with Crippen LogP contribution in [0, 0.1) is 5.92 Å². The minimum Gasteiger partial charge on any atom is -0.494 e. The van der Waals surface area contributed by atoms with Crippen molar-refractivity contribution in [3.63, 3.8) is 0 Å². The maximum atomic E-state index is 6.06. The van der Waals surface area contributed by atoms with Crippen LogP contribution in [-0.4, -0.2) is 26.4 Å². The molecular weight excluding hydrogens is 378 g/mol. The van der Waals surface area contributed by atoms with Gasteiger partial charge in [-0.15, -0.1) is 0 Å². The minimum absolute atomic E-state index is 0.467. The Bertz CT molecular complexity index is 962. The average Bonchev–Trinajstić information content (AvgIpc) is 3.21. The summed E-state index contributed by atoms with van der Waals surface area (Å²) in [4.78, 5) is 8.83. The number of anilines is 5. The van der Waals surface area contributed by atoms with Gasteiger partial charge in [-0.05, 0) is 62.8 Å². The molecule has 0 unspecified atom stereocenters. The summed E-state index contributed by atoms with van der Waals surface area (Å²) in [7, 11) is 0. The monoisotopic (exact) mass is 407 g/mol. The highest BCUT2D eigenvalue weighted by atomic mass is 16.5. The van der Waals surface area contributed by atoms with Gasteiger partial charge in [0.25, 0.3) is 0 Å². The first-order valence-electron chi connectivity index (χ1n) is 10.5. The van der Waals surface area contributed by atoms with E-state index < -0.39 is 0 Å². The fourth-order valence-electron chi connectivity index (χ4n) is 3.73. The van der Waals surface area contributed by atoms with Gasteiger partial charge in [0, 0.05) is 11.9 Å². The molecule has 4 rings (SSSR count). The first kappa shape index (κ1) is 20.0. The molecule has 0 atom stereocenters. The van der Waals surface area contributed by atoms with E-state index in [2.05, 4.69) is 37.3 Å². The van der Waals surface area contributed by atoms with Gasteiger partial charge in [0.2, 0.25) is 5.95 Å². The fourth-order valence-corrected chi connectivity index (χ4v) is 3.73. The summed E-state index contributed by atoms with van der Waals surface area (Å²) in [6.45, 7) is 4.92. The van der Waals surface area contributed by atoms with Crippen molar-refractivity contribution in [2.45, 2.75) is 45.6 Å². The van der Waals surface area contributed by atoms with Gasteiger partial charge in [0.1, 0.15) is 5.75 Å². The van der Waals surface area contributed by atoms with Crippen LogP contribution in [0.3, 0.4) is 0 Å². The number of nitrogens with two attached hydrogens (primary N) is 1. The van der Waals surface area contributed by atoms with Crippen molar-refractivity contribution in [1.29, 1.82) is 0 Å². The molecule has 1 saturated carbocycles. The first-order chi connectivity index (χ1) is 14.6. The number of hydrogen-bond donors (Lipinski definition) is 3. The van der Waals surface area contributed by atoms with E-state index >= 15 is 0 Å². The molecule has 30 heavy (non-hydrogen) atoms. The van der Waals surface area contributed by atoms with Gasteiger partial charge in [-0.2, -0.15) is 10.1 Å². The molecule has 1 aromatic carbocycles. The van der Waals surface area contributed by atoms with E-state index in [1.54, 1.807) is 6.20 Å². The maximum Gasteiger partial charge on any atom is 0.229 e. The van der Waals surface area contributed by atoms with Gasteiger partial charge >= 0.3 is 0 Å². The van der Waals surface area contributed by atoms with Crippen molar-refractivity contribution in [1.82, 2.24) is 19.7 Å². The second-order valence-electron chi connectivity index (χ2n) is 7.83. The van der Waals surface area contributed by atoms with E-state index in [4.69, 9.17) is 10.5 Å². The minimum atomic E-state index is 0.467. The molecule has 1 fully saturated rings. The zero-order valence-electron chi connectivity index (χ0n) is 17.5. The summed E-state index contributed by atoms with van der Waals surface area (Å²) >= 11 is 0. The van der Waals surface area contributed by atoms with E-state index in [-0.39, 0.29) is 0 Å². The molecule has 0 amide bonds. The molecule has 1 aliphatic carbocycles. The largest absolute Gasteiger partial charge is 0.494 e. The van der Waals surface area contributed by atoms with Crippen molar-refractivity contribution < 1.29 is 4.74 Å². The van der Waals surface area contributed by atoms with Crippen LogP contribution in [0.1, 0.15) is 45.6 Å². The Labute approximate surface area is 176 Å². The Morgan fingerprint density at radius 1 is 1.07 bits per heavy atom. The van der Waals surface area contributed by atoms with Crippen molar-refractivity contribution in [3.8, 4) is 5.75 Å². The van der Waals surface area contributed by atoms with Crippen LogP contribution < -0.4 is 21.1 Å². The molecule has 0 spiro atoms. The molecule has 0 saturated heterocycles. The van der Waals surface area contributed by atoms with E-state index in [1.807, 2.05) is 43.6 Å². The second-order valence-corrected chi connectivity index (χ2v) is 7.83. The highest BCUT2D eigenvalue weighted by Crippen LogP contribution is 2.32. The lowest BCUT2D eigenvalue weighted by Gasteiger charge is -2.26. The Morgan fingerprint density at radius 3 is 2.57 bits per heavy atom. The highest BCUT2D eigenvalue weighted by Gasteiger charge is 2.20. The van der Waals surface area contributed by atoms with Gasteiger partial charge in [-0.1, -0.05) is 6.92 Å².